The van der Waals surface area contributed by atoms with Gasteiger partial charge in [-0.1, -0.05) is 54.3 Å². The Balaban J connectivity index is 1.97. The zero-order chi connectivity index (χ0) is 16.4. The van der Waals surface area contributed by atoms with Gasteiger partial charge >= 0.3 is 0 Å². The van der Waals surface area contributed by atoms with Gasteiger partial charge in [-0.25, -0.2) is 0 Å². The van der Waals surface area contributed by atoms with Crippen LogP contribution in [-0.2, 0) is 9.59 Å². The maximum Gasteiger partial charge on any atom is 0.267 e. The minimum Gasteiger partial charge on any atom is -0.547 e. The summed E-state index contributed by atoms with van der Waals surface area (Å²) in [6.07, 6.45) is 3.39. The van der Waals surface area contributed by atoms with Crippen molar-refractivity contribution in [2.45, 2.75) is 6.04 Å². The number of carbonyl (C=O) groups excluding carboxylic acids is 2. The van der Waals surface area contributed by atoms with E-state index >= 15 is 0 Å². The summed E-state index contributed by atoms with van der Waals surface area (Å²) in [6.45, 7) is 0. The Morgan fingerprint density at radius 1 is 1.26 bits per heavy atom. The molecule has 23 heavy (non-hydrogen) atoms. The number of aliphatic carboxylic acids is 1. The maximum absolute atomic E-state index is 12.6. The van der Waals surface area contributed by atoms with Gasteiger partial charge in [-0.05, 0) is 23.8 Å². The minimum atomic E-state index is -1.37. The Morgan fingerprint density at radius 2 is 2.00 bits per heavy atom. The Morgan fingerprint density at radius 3 is 2.61 bits per heavy atom. The van der Waals surface area contributed by atoms with Crippen LogP contribution in [0, 0.1) is 0 Å². The molecule has 1 aliphatic rings. The average molecular weight is 343 g/mol. The van der Waals surface area contributed by atoms with Gasteiger partial charge in [-0.3, -0.25) is 9.69 Å². The molecule has 0 bridgehead atoms. The minimum absolute atomic E-state index is 0.200. The van der Waals surface area contributed by atoms with Gasteiger partial charge < -0.3 is 14.9 Å². The number of carboxylic acid groups (broad SMARTS) is 1. The number of carboxylic acids is 1. The van der Waals surface area contributed by atoms with E-state index in [9.17, 15) is 14.7 Å². The summed E-state index contributed by atoms with van der Waals surface area (Å²) in [5.74, 6) is -1.80. The fraction of sp³-hybridized carbons (Fsp3) is 0.0625. The smallest absolute Gasteiger partial charge is 0.267 e. The number of amides is 1. The summed E-state index contributed by atoms with van der Waals surface area (Å²) in [4.78, 5) is 28.6. The van der Waals surface area contributed by atoms with Crippen LogP contribution in [0.3, 0.4) is 0 Å². The molecule has 1 N–H and O–H groups in total. The molecule has 1 atom stereocenters. The summed E-state index contributed by atoms with van der Waals surface area (Å²) in [5, 5.41) is 11.6. The predicted octanol–water partition coefficient (Wildman–Crippen LogP) is 1.71. The van der Waals surface area contributed by atoms with Crippen molar-refractivity contribution in [1.82, 2.24) is 9.88 Å². The topological polar surface area (TPSA) is 76.2 Å². The maximum atomic E-state index is 12.6. The number of thioether (sulfide) groups is 1. The van der Waals surface area contributed by atoms with E-state index in [1.165, 1.54) is 0 Å². The summed E-state index contributed by atoms with van der Waals surface area (Å²) < 4.78 is 0.200. The molecule has 1 aromatic carbocycles. The third kappa shape index (κ3) is 3.06. The molecular formula is C16H11N2O3S2-. The molecule has 1 aromatic heterocycles. The number of hydrogen-bond donors (Lipinski definition) is 1. The van der Waals surface area contributed by atoms with Gasteiger partial charge in [0.05, 0.1) is 10.9 Å². The number of aromatic nitrogens is 1. The standard InChI is InChI=1S/C16H12N2O3S2/c19-14-12(9-11-7-4-8-17-11)23-16(22)18(14)13(15(20)21)10-5-2-1-3-6-10/h1-9,13,17H,(H,20,21)/p-1/b12-9-/t13-/m1/s1. The van der Waals surface area contributed by atoms with E-state index in [1.54, 1.807) is 54.7 Å². The van der Waals surface area contributed by atoms with E-state index in [4.69, 9.17) is 12.2 Å². The van der Waals surface area contributed by atoms with Gasteiger partial charge in [-0.15, -0.1) is 0 Å². The number of carbonyl (C=O) groups is 2. The molecule has 2 heterocycles. The molecule has 2 aromatic rings. The third-order valence-corrected chi connectivity index (χ3v) is 4.66. The molecule has 0 radical (unpaired) electrons. The van der Waals surface area contributed by atoms with E-state index < -0.39 is 17.9 Å². The van der Waals surface area contributed by atoms with E-state index in [-0.39, 0.29) is 4.32 Å². The van der Waals surface area contributed by atoms with Crippen molar-refractivity contribution in [2.75, 3.05) is 0 Å². The van der Waals surface area contributed by atoms with Crippen molar-refractivity contribution in [3.8, 4) is 0 Å². The van der Waals surface area contributed by atoms with Crippen LogP contribution < -0.4 is 5.11 Å². The van der Waals surface area contributed by atoms with Crippen molar-refractivity contribution >= 4 is 46.3 Å². The van der Waals surface area contributed by atoms with Crippen LogP contribution >= 0.6 is 24.0 Å². The van der Waals surface area contributed by atoms with Crippen LogP contribution in [0.1, 0.15) is 17.3 Å². The lowest BCUT2D eigenvalue weighted by atomic mass is 10.1. The monoisotopic (exact) mass is 343 g/mol. The van der Waals surface area contributed by atoms with E-state index in [0.717, 1.165) is 22.4 Å². The normalized spacial score (nSPS) is 17.7. The highest BCUT2D eigenvalue weighted by atomic mass is 32.2. The van der Waals surface area contributed by atoms with E-state index in [1.807, 2.05) is 0 Å². The molecule has 1 saturated heterocycles. The Labute approximate surface area is 142 Å². The Bertz CT molecular complexity index is 785. The van der Waals surface area contributed by atoms with Gasteiger partial charge in [-0.2, -0.15) is 0 Å². The summed E-state index contributed by atoms with van der Waals surface area (Å²) in [7, 11) is 0. The second-order valence-electron chi connectivity index (χ2n) is 4.81. The van der Waals surface area contributed by atoms with Gasteiger partial charge in [0.25, 0.3) is 5.91 Å². The fourth-order valence-corrected chi connectivity index (χ4v) is 3.61. The molecule has 3 rings (SSSR count). The number of aromatic amines is 1. The third-order valence-electron chi connectivity index (χ3n) is 3.33. The van der Waals surface area contributed by atoms with Crippen LogP contribution in [0.5, 0.6) is 0 Å². The highest BCUT2D eigenvalue weighted by Gasteiger charge is 2.38. The van der Waals surface area contributed by atoms with Crippen LogP contribution in [0.15, 0.2) is 53.6 Å². The van der Waals surface area contributed by atoms with Crippen molar-refractivity contribution < 1.29 is 14.7 Å². The lowest BCUT2D eigenvalue weighted by molar-refractivity contribution is -0.310. The van der Waals surface area contributed by atoms with E-state index in [0.29, 0.717) is 10.5 Å². The molecule has 0 saturated carbocycles. The predicted molar refractivity (Wildman–Crippen MR) is 90.0 cm³/mol. The van der Waals surface area contributed by atoms with Crippen LogP contribution in [0.2, 0.25) is 0 Å². The lowest BCUT2D eigenvalue weighted by Gasteiger charge is -2.27. The second-order valence-corrected chi connectivity index (χ2v) is 6.49. The molecular weight excluding hydrogens is 332 g/mol. The first-order chi connectivity index (χ1) is 11.1. The molecule has 7 heteroatoms. The molecule has 1 aliphatic heterocycles. The first kappa shape index (κ1) is 15.5. The number of nitrogens with one attached hydrogen (secondary N) is 1. The number of rotatable bonds is 4. The van der Waals surface area contributed by atoms with Crippen LogP contribution in [0.25, 0.3) is 6.08 Å². The molecule has 5 nitrogen and oxygen atoms in total. The average Bonchev–Trinajstić information content (AvgIpc) is 3.12. The Kier molecular flexibility index (Phi) is 4.31. The van der Waals surface area contributed by atoms with Gasteiger partial charge in [0.1, 0.15) is 10.4 Å². The molecule has 1 amide bonds. The van der Waals surface area contributed by atoms with Crippen LogP contribution in [0.4, 0.5) is 0 Å². The summed E-state index contributed by atoms with van der Waals surface area (Å²) >= 11 is 6.29. The summed E-state index contributed by atoms with van der Waals surface area (Å²) in [5.41, 5.74) is 1.19. The molecule has 0 unspecified atom stereocenters. The number of H-pyrrole nitrogens is 1. The second kappa shape index (κ2) is 6.39. The SMILES string of the molecule is O=C([O-])[C@@H](c1ccccc1)N1C(=O)/C(=C/c2ccc[nH]2)SC1=S. The molecule has 0 aliphatic carbocycles. The number of benzene rings is 1. The van der Waals surface area contributed by atoms with Crippen molar-refractivity contribution in [3.05, 3.63) is 64.8 Å². The fourth-order valence-electron chi connectivity index (χ4n) is 2.30. The highest BCUT2D eigenvalue weighted by Crippen LogP contribution is 2.37. The largest absolute Gasteiger partial charge is 0.547 e. The molecule has 0 spiro atoms. The first-order valence-electron chi connectivity index (χ1n) is 6.74. The number of thiocarbonyl (C=S) groups is 1. The first-order valence-corrected chi connectivity index (χ1v) is 7.96. The van der Waals surface area contributed by atoms with Gasteiger partial charge in [0.15, 0.2) is 0 Å². The van der Waals surface area contributed by atoms with Gasteiger partial charge in [0, 0.05) is 11.9 Å². The van der Waals surface area contributed by atoms with E-state index in [2.05, 4.69) is 4.98 Å². The lowest BCUT2D eigenvalue weighted by Crippen LogP contribution is -2.43. The zero-order valence-corrected chi connectivity index (χ0v) is 13.4. The molecule has 116 valence electrons. The summed E-state index contributed by atoms with van der Waals surface area (Å²) in [6, 6.07) is 10.8. The quantitative estimate of drug-likeness (QED) is 0.675. The Hall–Kier alpha value is -2.38. The van der Waals surface area contributed by atoms with Crippen molar-refractivity contribution in [3.63, 3.8) is 0 Å². The van der Waals surface area contributed by atoms with Crippen LogP contribution in [-0.4, -0.2) is 26.1 Å². The zero-order valence-electron chi connectivity index (χ0n) is 11.8. The number of nitrogens with zero attached hydrogens (tertiary/aromatic N) is 1. The molecule has 1 fully saturated rings. The number of hydrogen-bond acceptors (Lipinski definition) is 5. The van der Waals surface area contributed by atoms with Gasteiger partial charge in [0.2, 0.25) is 0 Å². The van der Waals surface area contributed by atoms with Crippen molar-refractivity contribution in [2.24, 2.45) is 0 Å². The van der Waals surface area contributed by atoms with Crippen molar-refractivity contribution in [1.29, 1.82) is 0 Å². The highest BCUT2D eigenvalue weighted by molar-refractivity contribution is 8.26.